The molecule has 0 saturated carbocycles. The summed E-state index contributed by atoms with van der Waals surface area (Å²) in [7, 11) is 0. The quantitative estimate of drug-likeness (QED) is 0.669. The summed E-state index contributed by atoms with van der Waals surface area (Å²) in [4.78, 5) is 23.4. The highest BCUT2D eigenvalue weighted by Crippen LogP contribution is 2.25. The highest BCUT2D eigenvalue weighted by molar-refractivity contribution is 7.99. The molecule has 0 radical (unpaired) electrons. The van der Waals surface area contributed by atoms with Gasteiger partial charge in [-0.25, -0.2) is 4.79 Å². The van der Waals surface area contributed by atoms with Gasteiger partial charge in [-0.3, -0.25) is 10.1 Å². The standard InChI is InChI=1S/C17H22ClN5O2S/c1-3-9-19-16(25)20-14(24)11-26-17-22-21-15(23(17)10-4-2)12-5-7-13(18)8-6-12/h5-8H,3-4,9-11H2,1-2H3,(H2,19,20,24,25). The minimum absolute atomic E-state index is 0.0853. The van der Waals surface area contributed by atoms with E-state index in [1.165, 1.54) is 11.8 Å². The van der Waals surface area contributed by atoms with Gasteiger partial charge in [0.2, 0.25) is 5.91 Å². The average Bonchev–Trinajstić information content (AvgIpc) is 3.02. The van der Waals surface area contributed by atoms with E-state index in [-0.39, 0.29) is 11.7 Å². The van der Waals surface area contributed by atoms with Gasteiger partial charge in [-0.2, -0.15) is 0 Å². The number of nitrogens with zero attached hydrogens (tertiary/aromatic N) is 3. The van der Waals surface area contributed by atoms with Crippen LogP contribution in [-0.2, 0) is 11.3 Å². The van der Waals surface area contributed by atoms with Crippen LogP contribution in [0.2, 0.25) is 5.02 Å². The van der Waals surface area contributed by atoms with Gasteiger partial charge >= 0.3 is 6.03 Å². The first-order valence-corrected chi connectivity index (χ1v) is 9.81. The van der Waals surface area contributed by atoms with Crippen LogP contribution in [0.4, 0.5) is 4.79 Å². The molecule has 140 valence electrons. The van der Waals surface area contributed by atoms with Gasteiger partial charge in [0.15, 0.2) is 11.0 Å². The van der Waals surface area contributed by atoms with Crippen molar-refractivity contribution < 1.29 is 9.59 Å². The van der Waals surface area contributed by atoms with Crippen molar-refractivity contribution in [3.05, 3.63) is 29.3 Å². The number of nitrogens with one attached hydrogen (secondary N) is 2. The van der Waals surface area contributed by atoms with Gasteiger partial charge in [0.25, 0.3) is 0 Å². The number of carbonyl (C=O) groups excluding carboxylic acids is 2. The molecule has 1 aromatic carbocycles. The maximum Gasteiger partial charge on any atom is 0.321 e. The fraction of sp³-hybridized carbons (Fsp3) is 0.412. The van der Waals surface area contributed by atoms with Crippen LogP contribution in [0.5, 0.6) is 0 Å². The van der Waals surface area contributed by atoms with Crippen molar-refractivity contribution in [2.24, 2.45) is 0 Å². The van der Waals surface area contributed by atoms with Crippen LogP contribution in [0.15, 0.2) is 29.4 Å². The highest BCUT2D eigenvalue weighted by atomic mass is 35.5. The Kier molecular flexibility index (Phi) is 7.93. The molecule has 1 heterocycles. The largest absolute Gasteiger partial charge is 0.338 e. The zero-order valence-electron chi connectivity index (χ0n) is 14.8. The second kappa shape index (κ2) is 10.2. The van der Waals surface area contributed by atoms with E-state index in [1.807, 2.05) is 23.6 Å². The Morgan fingerprint density at radius 2 is 1.88 bits per heavy atom. The van der Waals surface area contributed by atoms with Crippen LogP contribution < -0.4 is 10.6 Å². The molecule has 7 nitrogen and oxygen atoms in total. The van der Waals surface area contributed by atoms with E-state index >= 15 is 0 Å². The van der Waals surface area contributed by atoms with Crippen molar-refractivity contribution >= 4 is 35.3 Å². The van der Waals surface area contributed by atoms with E-state index in [1.54, 1.807) is 12.1 Å². The molecule has 2 rings (SSSR count). The van der Waals surface area contributed by atoms with Gasteiger partial charge < -0.3 is 9.88 Å². The third kappa shape index (κ3) is 5.74. The van der Waals surface area contributed by atoms with Crippen molar-refractivity contribution in [1.82, 2.24) is 25.4 Å². The zero-order chi connectivity index (χ0) is 18.9. The third-order valence-corrected chi connectivity index (χ3v) is 4.61. The molecule has 0 bridgehead atoms. The summed E-state index contributed by atoms with van der Waals surface area (Å²) in [6, 6.07) is 6.90. The summed E-state index contributed by atoms with van der Waals surface area (Å²) in [6.07, 6.45) is 1.71. The molecule has 0 saturated heterocycles. The average molecular weight is 396 g/mol. The second-order valence-electron chi connectivity index (χ2n) is 5.56. The van der Waals surface area contributed by atoms with Crippen molar-refractivity contribution in [2.45, 2.75) is 38.4 Å². The summed E-state index contributed by atoms with van der Waals surface area (Å²) in [5.41, 5.74) is 0.908. The van der Waals surface area contributed by atoms with Gasteiger partial charge in [-0.1, -0.05) is 37.2 Å². The Labute approximate surface area is 161 Å². The van der Waals surface area contributed by atoms with Gasteiger partial charge in [-0.05, 0) is 37.1 Å². The van der Waals surface area contributed by atoms with E-state index in [0.29, 0.717) is 16.7 Å². The summed E-state index contributed by atoms with van der Waals surface area (Å²) < 4.78 is 1.97. The van der Waals surface area contributed by atoms with E-state index in [0.717, 1.165) is 30.8 Å². The maximum atomic E-state index is 11.9. The molecular weight excluding hydrogens is 374 g/mol. The normalized spacial score (nSPS) is 10.6. The molecule has 3 amide bonds. The summed E-state index contributed by atoms with van der Waals surface area (Å²) in [5.74, 6) is 0.442. The molecule has 0 fully saturated rings. The van der Waals surface area contributed by atoms with Crippen LogP contribution in [0.3, 0.4) is 0 Å². The molecule has 2 aromatic rings. The number of thioether (sulfide) groups is 1. The maximum absolute atomic E-state index is 11.9. The molecule has 0 spiro atoms. The molecule has 1 aromatic heterocycles. The Morgan fingerprint density at radius 1 is 1.15 bits per heavy atom. The third-order valence-electron chi connectivity index (χ3n) is 3.39. The molecule has 0 atom stereocenters. The lowest BCUT2D eigenvalue weighted by Gasteiger charge is -2.09. The van der Waals surface area contributed by atoms with Crippen LogP contribution >= 0.6 is 23.4 Å². The molecule has 0 aliphatic carbocycles. The number of amides is 3. The number of hydrogen-bond acceptors (Lipinski definition) is 5. The van der Waals surface area contributed by atoms with Crippen LogP contribution in [0, 0.1) is 0 Å². The minimum Gasteiger partial charge on any atom is -0.338 e. The first-order valence-electron chi connectivity index (χ1n) is 8.44. The number of imide groups is 1. The van der Waals surface area contributed by atoms with Crippen molar-refractivity contribution in [2.75, 3.05) is 12.3 Å². The smallest absolute Gasteiger partial charge is 0.321 e. The van der Waals surface area contributed by atoms with Gasteiger partial charge in [0.1, 0.15) is 0 Å². The highest BCUT2D eigenvalue weighted by Gasteiger charge is 2.16. The predicted molar refractivity (Wildman–Crippen MR) is 103 cm³/mol. The zero-order valence-corrected chi connectivity index (χ0v) is 16.4. The van der Waals surface area contributed by atoms with Crippen LogP contribution in [0.1, 0.15) is 26.7 Å². The van der Waals surface area contributed by atoms with Crippen LogP contribution in [-0.4, -0.2) is 39.0 Å². The van der Waals surface area contributed by atoms with E-state index < -0.39 is 6.03 Å². The number of hydrogen-bond donors (Lipinski definition) is 2. The van der Waals surface area contributed by atoms with Crippen molar-refractivity contribution in [1.29, 1.82) is 0 Å². The van der Waals surface area contributed by atoms with Gasteiger partial charge in [0, 0.05) is 23.7 Å². The molecule has 0 aliphatic rings. The summed E-state index contributed by atoms with van der Waals surface area (Å²) >= 11 is 7.19. The second-order valence-corrected chi connectivity index (χ2v) is 6.94. The Balaban J connectivity index is 2.04. The number of urea groups is 1. The fourth-order valence-electron chi connectivity index (χ4n) is 2.21. The van der Waals surface area contributed by atoms with E-state index in [9.17, 15) is 9.59 Å². The molecule has 9 heteroatoms. The minimum atomic E-state index is -0.477. The number of benzene rings is 1. The molecule has 2 N–H and O–H groups in total. The fourth-order valence-corrected chi connectivity index (χ4v) is 3.10. The first-order chi connectivity index (χ1) is 12.5. The molecule has 0 aliphatic heterocycles. The molecule has 26 heavy (non-hydrogen) atoms. The van der Waals surface area contributed by atoms with Gasteiger partial charge in [0.05, 0.1) is 5.75 Å². The lowest BCUT2D eigenvalue weighted by molar-refractivity contribution is -0.117. The lowest BCUT2D eigenvalue weighted by Crippen LogP contribution is -2.40. The number of halogens is 1. The van der Waals surface area contributed by atoms with E-state index in [2.05, 4.69) is 27.8 Å². The Bertz CT molecular complexity index is 748. The SMILES string of the molecule is CCCNC(=O)NC(=O)CSc1nnc(-c2ccc(Cl)cc2)n1CCC. The lowest BCUT2D eigenvalue weighted by atomic mass is 10.2. The predicted octanol–water partition coefficient (Wildman–Crippen LogP) is 3.34. The number of carbonyl (C=O) groups is 2. The van der Waals surface area contributed by atoms with Crippen molar-refractivity contribution in [3.63, 3.8) is 0 Å². The first kappa shape index (κ1) is 20.3. The van der Waals surface area contributed by atoms with Gasteiger partial charge in [-0.15, -0.1) is 10.2 Å². The summed E-state index contributed by atoms with van der Waals surface area (Å²) in [5, 5.41) is 14.6. The molecule has 0 unspecified atom stereocenters. The Morgan fingerprint density at radius 3 is 2.54 bits per heavy atom. The summed E-state index contributed by atoms with van der Waals surface area (Å²) in [6.45, 7) is 5.26. The topological polar surface area (TPSA) is 88.9 Å². The Hall–Kier alpha value is -2.06. The number of aromatic nitrogens is 3. The number of rotatable bonds is 8. The van der Waals surface area contributed by atoms with Crippen LogP contribution in [0.25, 0.3) is 11.4 Å². The van der Waals surface area contributed by atoms with Crippen molar-refractivity contribution in [3.8, 4) is 11.4 Å². The monoisotopic (exact) mass is 395 g/mol. The van der Waals surface area contributed by atoms with E-state index in [4.69, 9.17) is 11.6 Å². The molecular formula is C17H22ClN5O2S.